The van der Waals surface area contributed by atoms with Crippen LogP contribution < -0.4 is 4.74 Å². The number of non-ortho nitro benzene ring substituents is 1. The summed E-state index contributed by atoms with van der Waals surface area (Å²) in [5, 5.41) is 10.6. The zero-order valence-electron chi connectivity index (χ0n) is 10.6. The van der Waals surface area contributed by atoms with E-state index in [1.807, 2.05) is 0 Å². The molecule has 0 amide bonds. The maximum Gasteiger partial charge on any atom is 0.347 e. The van der Waals surface area contributed by atoms with Crippen LogP contribution >= 0.6 is 11.6 Å². The first-order valence-corrected chi connectivity index (χ1v) is 6.14. The molecule has 7 heteroatoms. The Morgan fingerprint density at radius 1 is 1.47 bits per heavy atom. The summed E-state index contributed by atoms with van der Waals surface area (Å²) in [7, 11) is 0. The Morgan fingerprint density at radius 2 is 2.16 bits per heavy atom. The average molecular weight is 288 g/mol. The fraction of sp³-hybridized carbons (Fsp3) is 0.417. The molecule has 6 nitrogen and oxygen atoms in total. The van der Waals surface area contributed by atoms with Crippen LogP contribution in [0.3, 0.4) is 0 Å². The highest BCUT2D eigenvalue weighted by Gasteiger charge is 2.21. The Kier molecular flexibility index (Phi) is 5.57. The van der Waals surface area contributed by atoms with Crippen molar-refractivity contribution in [3.63, 3.8) is 0 Å². The molecule has 19 heavy (non-hydrogen) atoms. The van der Waals surface area contributed by atoms with E-state index in [1.165, 1.54) is 18.2 Å². The maximum atomic E-state index is 11.6. The van der Waals surface area contributed by atoms with Crippen molar-refractivity contribution in [2.24, 2.45) is 0 Å². The summed E-state index contributed by atoms with van der Waals surface area (Å²) < 4.78 is 10.3. The fourth-order valence-corrected chi connectivity index (χ4v) is 1.60. The van der Waals surface area contributed by atoms with Gasteiger partial charge in [-0.25, -0.2) is 4.79 Å². The molecule has 0 N–H and O–H groups in total. The van der Waals surface area contributed by atoms with Gasteiger partial charge in [-0.2, -0.15) is 0 Å². The molecule has 0 bridgehead atoms. The van der Waals surface area contributed by atoms with E-state index in [0.29, 0.717) is 6.42 Å². The number of benzene rings is 1. The second-order valence-corrected chi connectivity index (χ2v) is 4.05. The highest BCUT2D eigenvalue weighted by Crippen LogP contribution is 2.29. The van der Waals surface area contributed by atoms with E-state index in [-0.39, 0.29) is 23.1 Å². The van der Waals surface area contributed by atoms with Gasteiger partial charge in [-0.1, -0.05) is 18.5 Å². The molecular weight excluding hydrogens is 274 g/mol. The molecule has 0 fully saturated rings. The third-order valence-corrected chi connectivity index (χ3v) is 2.61. The van der Waals surface area contributed by atoms with Crippen LogP contribution in [-0.4, -0.2) is 23.6 Å². The van der Waals surface area contributed by atoms with Crippen molar-refractivity contribution >= 4 is 23.3 Å². The number of nitro groups is 1. The lowest BCUT2D eigenvalue weighted by molar-refractivity contribution is -0.384. The van der Waals surface area contributed by atoms with Crippen molar-refractivity contribution in [3.05, 3.63) is 33.3 Å². The molecule has 1 aromatic rings. The molecule has 104 valence electrons. The van der Waals surface area contributed by atoms with Crippen LogP contribution in [0.1, 0.15) is 20.3 Å². The number of nitro benzene ring substituents is 1. The second kappa shape index (κ2) is 6.94. The Morgan fingerprint density at radius 3 is 2.63 bits per heavy atom. The average Bonchev–Trinajstić information content (AvgIpc) is 2.37. The quantitative estimate of drug-likeness (QED) is 0.456. The van der Waals surface area contributed by atoms with Crippen LogP contribution in [0, 0.1) is 10.1 Å². The molecule has 0 saturated heterocycles. The summed E-state index contributed by atoms with van der Waals surface area (Å²) in [6.45, 7) is 3.72. The Labute approximate surface area is 115 Å². The first-order valence-electron chi connectivity index (χ1n) is 5.76. The van der Waals surface area contributed by atoms with Crippen LogP contribution in [0.15, 0.2) is 18.2 Å². The van der Waals surface area contributed by atoms with Gasteiger partial charge in [-0.3, -0.25) is 10.1 Å². The van der Waals surface area contributed by atoms with Gasteiger partial charge < -0.3 is 9.47 Å². The monoisotopic (exact) mass is 287 g/mol. The van der Waals surface area contributed by atoms with Gasteiger partial charge in [0.2, 0.25) is 0 Å². The first kappa shape index (κ1) is 15.2. The third kappa shape index (κ3) is 4.10. The summed E-state index contributed by atoms with van der Waals surface area (Å²) in [4.78, 5) is 21.6. The number of ether oxygens (including phenoxy) is 2. The molecule has 0 heterocycles. The number of hydrogen-bond donors (Lipinski definition) is 0. The number of carbonyl (C=O) groups is 1. The topological polar surface area (TPSA) is 78.7 Å². The van der Waals surface area contributed by atoms with Crippen molar-refractivity contribution < 1.29 is 19.2 Å². The number of halogens is 1. The van der Waals surface area contributed by atoms with Crippen LogP contribution in [0.5, 0.6) is 5.75 Å². The van der Waals surface area contributed by atoms with E-state index in [0.717, 1.165) is 0 Å². The molecule has 0 spiro atoms. The molecule has 1 unspecified atom stereocenters. The third-order valence-electron chi connectivity index (χ3n) is 2.32. The van der Waals surface area contributed by atoms with E-state index in [1.54, 1.807) is 13.8 Å². The number of esters is 1. The lowest BCUT2D eigenvalue weighted by Crippen LogP contribution is -2.28. The smallest absolute Gasteiger partial charge is 0.347 e. The van der Waals surface area contributed by atoms with E-state index in [4.69, 9.17) is 21.1 Å². The van der Waals surface area contributed by atoms with Crippen molar-refractivity contribution in [1.82, 2.24) is 0 Å². The van der Waals surface area contributed by atoms with E-state index >= 15 is 0 Å². The number of rotatable bonds is 6. The first-order chi connectivity index (χ1) is 8.99. The van der Waals surface area contributed by atoms with Gasteiger partial charge in [0.05, 0.1) is 16.6 Å². The van der Waals surface area contributed by atoms with Crippen LogP contribution in [0.2, 0.25) is 5.02 Å². The SMILES string of the molecule is CCOC(=O)C(CC)Oc1ccc([N+](=O)[O-])cc1Cl. The normalized spacial score (nSPS) is 11.7. The summed E-state index contributed by atoms with van der Waals surface area (Å²) in [5.74, 6) is -0.272. The second-order valence-electron chi connectivity index (χ2n) is 3.64. The van der Waals surface area contributed by atoms with Gasteiger partial charge in [-0.15, -0.1) is 0 Å². The van der Waals surface area contributed by atoms with Crippen LogP contribution in [0.4, 0.5) is 5.69 Å². The standard InChI is InChI=1S/C12H14ClNO5/c1-3-10(12(15)18-4-2)19-11-6-5-8(14(16)17)7-9(11)13/h5-7,10H,3-4H2,1-2H3. The van der Waals surface area contributed by atoms with Crippen molar-refractivity contribution in [1.29, 1.82) is 0 Å². The van der Waals surface area contributed by atoms with E-state index < -0.39 is 17.0 Å². The van der Waals surface area contributed by atoms with E-state index in [2.05, 4.69) is 0 Å². The molecule has 0 saturated carbocycles. The van der Waals surface area contributed by atoms with Gasteiger partial charge in [-0.05, 0) is 19.4 Å². The minimum Gasteiger partial charge on any atom is -0.477 e. The number of nitrogens with zero attached hydrogens (tertiary/aromatic N) is 1. The van der Waals surface area contributed by atoms with Crippen LogP contribution in [0.25, 0.3) is 0 Å². The summed E-state index contributed by atoms with van der Waals surface area (Å²) in [6.07, 6.45) is -0.370. The van der Waals surface area contributed by atoms with E-state index in [9.17, 15) is 14.9 Å². The Bertz CT molecular complexity index is 477. The highest BCUT2D eigenvalue weighted by molar-refractivity contribution is 6.32. The van der Waals surface area contributed by atoms with Gasteiger partial charge in [0, 0.05) is 12.1 Å². The highest BCUT2D eigenvalue weighted by atomic mass is 35.5. The molecule has 0 aliphatic carbocycles. The van der Waals surface area contributed by atoms with Crippen molar-refractivity contribution in [2.75, 3.05) is 6.61 Å². The number of hydrogen-bond acceptors (Lipinski definition) is 5. The minimum atomic E-state index is -0.779. The van der Waals surface area contributed by atoms with Gasteiger partial charge in [0.1, 0.15) is 5.75 Å². The van der Waals surface area contributed by atoms with Gasteiger partial charge in [0.15, 0.2) is 6.10 Å². The maximum absolute atomic E-state index is 11.6. The Hall–Kier alpha value is -1.82. The largest absolute Gasteiger partial charge is 0.477 e. The zero-order valence-corrected chi connectivity index (χ0v) is 11.3. The Balaban J connectivity index is 2.86. The summed E-state index contributed by atoms with van der Waals surface area (Å²) >= 11 is 5.87. The summed E-state index contributed by atoms with van der Waals surface area (Å²) in [5.41, 5.74) is -0.137. The zero-order chi connectivity index (χ0) is 14.4. The molecule has 1 atom stereocenters. The molecule has 0 aromatic heterocycles. The van der Waals surface area contributed by atoms with Gasteiger partial charge >= 0.3 is 5.97 Å². The predicted molar refractivity (Wildman–Crippen MR) is 69.4 cm³/mol. The molecule has 1 rings (SSSR count). The van der Waals surface area contributed by atoms with Crippen LogP contribution in [-0.2, 0) is 9.53 Å². The minimum absolute atomic E-state index is 0.0805. The predicted octanol–water partition coefficient (Wildman–Crippen LogP) is 2.97. The summed E-state index contributed by atoms with van der Waals surface area (Å²) in [6, 6.07) is 3.80. The number of carbonyl (C=O) groups excluding carboxylic acids is 1. The van der Waals surface area contributed by atoms with Crippen molar-refractivity contribution in [3.8, 4) is 5.75 Å². The van der Waals surface area contributed by atoms with Gasteiger partial charge in [0.25, 0.3) is 5.69 Å². The molecule has 0 aliphatic rings. The van der Waals surface area contributed by atoms with Crippen molar-refractivity contribution in [2.45, 2.75) is 26.4 Å². The molecule has 0 aliphatic heterocycles. The fourth-order valence-electron chi connectivity index (χ4n) is 1.39. The molecule has 0 radical (unpaired) electrons. The lowest BCUT2D eigenvalue weighted by atomic mass is 10.2. The lowest BCUT2D eigenvalue weighted by Gasteiger charge is -2.16. The molecular formula is C12H14ClNO5. The molecule has 1 aromatic carbocycles.